The Hall–Kier alpha value is -1.70. The van der Waals surface area contributed by atoms with Crippen molar-refractivity contribution in [2.24, 2.45) is 4.99 Å². The smallest absolute Gasteiger partial charge is 0.153 e. The lowest BCUT2D eigenvalue weighted by Gasteiger charge is -1.99. The number of nitriles is 1. The SMILES string of the molecule is N#CC(=Nc1ccc(Br)cn1)c1ccc(Cl)cc1. The van der Waals surface area contributed by atoms with Gasteiger partial charge in [-0.3, -0.25) is 0 Å². The highest BCUT2D eigenvalue weighted by molar-refractivity contribution is 9.10. The predicted octanol–water partition coefficient (Wildman–Crippen LogP) is 4.14. The molecule has 5 heteroatoms. The van der Waals surface area contributed by atoms with Crippen LogP contribution in [0.2, 0.25) is 5.02 Å². The molecule has 3 nitrogen and oxygen atoms in total. The van der Waals surface area contributed by atoms with Gasteiger partial charge in [-0.1, -0.05) is 23.7 Å². The highest BCUT2D eigenvalue weighted by atomic mass is 79.9. The lowest BCUT2D eigenvalue weighted by atomic mass is 10.1. The summed E-state index contributed by atoms with van der Waals surface area (Å²) in [6, 6.07) is 12.6. The maximum atomic E-state index is 9.11. The summed E-state index contributed by atoms with van der Waals surface area (Å²) in [4.78, 5) is 8.30. The Morgan fingerprint density at radius 1 is 1.22 bits per heavy atom. The van der Waals surface area contributed by atoms with Crippen molar-refractivity contribution in [3.8, 4) is 6.07 Å². The maximum absolute atomic E-state index is 9.11. The molecule has 0 radical (unpaired) electrons. The molecule has 2 rings (SSSR count). The molecule has 0 unspecified atom stereocenters. The van der Waals surface area contributed by atoms with E-state index in [1.54, 1.807) is 36.5 Å². The zero-order valence-corrected chi connectivity index (χ0v) is 11.5. The lowest BCUT2D eigenvalue weighted by Crippen LogP contribution is -1.96. The van der Waals surface area contributed by atoms with Gasteiger partial charge in [0.2, 0.25) is 0 Å². The van der Waals surface area contributed by atoms with Crippen molar-refractivity contribution < 1.29 is 0 Å². The van der Waals surface area contributed by atoms with Crippen LogP contribution in [-0.4, -0.2) is 10.7 Å². The number of rotatable bonds is 2. The molecule has 0 N–H and O–H groups in total. The van der Waals surface area contributed by atoms with Gasteiger partial charge in [0.25, 0.3) is 0 Å². The Balaban J connectivity index is 2.37. The van der Waals surface area contributed by atoms with E-state index in [4.69, 9.17) is 16.9 Å². The van der Waals surface area contributed by atoms with Crippen molar-refractivity contribution in [3.63, 3.8) is 0 Å². The number of nitrogens with zero attached hydrogens (tertiary/aromatic N) is 3. The van der Waals surface area contributed by atoms with E-state index in [0.717, 1.165) is 4.47 Å². The van der Waals surface area contributed by atoms with Crippen LogP contribution in [0.4, 0.5) is 5.82 Å². The molecule has 0 saturated carbocycles. The Morgan fingerprint density at radius 2 is 1.94 bits per heavy atom. The first-order valence-electron chi connectivity index (χ1n) is 5.05. The largest absolute Gasteiger partial charge is 0.236 e. The molecule has 0 aliphatic carbocycles. The van der Waals surface area contributed by atoms with E-state index < -0.39 is 0 Å². The van der Waals surface area contributed by atoms with Crippen molar-refractivity contribution in [3.05, 3.63) is 57.7 Å². The van der Waals surface area contributed by atoms with Crippen molar-refractivity contribution in [2.45, 2.75) is 0 Å². The summed E-state index contributed by atoms with van der Waals surface area (Å²) in [6.07, 6.45) is 1.63. The quantitative estimate of drug-likeness (QED) is 0.781. The summed E-state index contributed by atoms with van der Waals surface area (Å²) >= 11 is 9.09. The number of aliphatic imine (C=N–C) groups is 1. The number of aromatic nitrogens is 1. The van der Waals surface area contributed by atoms with Crippen LogP contribution in [0.25, 0.3) is 0 Å². The van der Waals surface area contributed by atoms with Crippen LogP contribution in [0.1, 0.15) is 5.56 Å². The molecular weight excluding hydrogens is 314 g/mol. The van der Waals surface area contributed by atoms with Gasteiger partial charge in [-0.15, -0.1) is 0 Å². The van der Waals surface area contributed by atoms with Crippen molar-refractivity contribution in [1.29, 1.82) is 5.26 Å². The van der Waals surface area contributed by atoms with Crippen LogP contribution in [0.3, 0.4) is 0 Å². The van der Waals surface area contributed by atoms with Crippen LogP contribution < -0.4 is 0 Å². The summed E-state index contributed by atoms with van der Waals surface area (Å²) in [5.74, 6) is 0.490. The minimum atomic E-state index is 0.307. The highest BCUT2D eigenvalue weighted by Crippen LogP contribution is 2.16. The maximum Gasteiger partial charge on any atom is 0.153 e. The standard InChI is InChI=1S/C13H7BrClN3/c14-10-3-6-13(17-8-10)18-12(7-16)9-1-4-11(15)5-2-9/h1-6,8H. The van der Waals surface area contributed by atoms with Gasteiger partial charge in [0, 0.05) is 21.3 Å². The fraction of sp³-hybridized carbons (Fsp3) is 0. The van der Waals surface area contributed by atoms with Crippen LogP contribution >= 0.6 is 27.5 Å². The molecule has 0 saturated heterocycles. The molecule has 0 atom stereocenters. The van der Waals surface area contributed by atoms with Crippen molar-refractivity contribution in [2.75, 3.05) is 0 Å². The first-order chi connectivity index (χ1) is 8.69. The molecule has 0 amide bonds. The third kappa shape index (κ3) is 3.16. The monoisotopic (exact) mass is 319 g/mol. The summed E-state index contributed by atoms with van der Waals surface area (Å²) in [5.41, 5.74) is 1.02. The van der Waals surface area contributed by atoms with Gasteiger partial charge in [0.1, 0.15) is 11.8 Å². The van der Waals surface area contributed by atoms with Gasteiger partial charge in [0.05, 0.1) is 0 Å². The fourth-order valence-corrected chi connectivity index (χ4v) is 1.67. The molecule has 1 heterocycles. The molecule has 88 valence electrons. The number of benzene rings is 1. The molecule has 0 bridgehead atoms. The fourth-order valence-electron chi connectivity index (χ4n) is 1.31. The molecule has 0 aliphatic rings. The van der Waals surface area contributed by atoms with Crippen LogP contribution in [0, 0.1) is 11.3 Å². The van der Waals surface area contributed by atoms with Crippen LogP contribution in [0.15, 0.2) is 52.1 Å². The zero-order valence-electron chi connectivity index (χ0n) is 9.14. The molecule has 2 aromatic rings. The Labute approximate surface area is 118 Å². The van der Waals surface area contributed by atoms with E-state index >= 15 is 0 Å². The number of hydrogen-bond donors (Lipinski definition) is 0. The second kappa shape index (κ2) is 5.76. The third-order valence-electron chi connectivity index (χ3n) is 2.16. The van der Waals surface area contributed by atoms with E-state index in [9.17, 15) is 0 Å². The molecule has 0 aliphatic heterocycles. The van der Waals surface area contributed by atoms with E-state index in [0.29, 0.717) is 22.1 Å². The van der Waals surface area contributed by atoms with Crippen LogP contribution in [0.5, 0.6) is 0 Å². The average Bonchev–Trinajstić information content (AvgIpc) is 2.39. The average molecular weight is 321 g/mol. The third-order valence-corrected chi connectivity index (χ3v) is 2.88. The van der Waals surface area contributed by atoms with Gasteiger partial charge in [0.15, 0.2) is 5.82 Å². The second-order valence-electron chi connectivity index (χ2n) is 3.41. The zero-order chi connectivity index (χ0) is 13.0. The summed E-state index contributed by atoms with van der Waals surface area (Å²) < 4.78 is 0.867. The van der Waals surface area contributed by atoms with Crippen LogP contribution in [-0.2, 0) is 0 Å². The Kier molecular flexibility index (Phi) is 4.08. The normalized spacial score (nSPS) is 11.1. The predicted molar refractivity (Wildman–Crippen MR) is 75.2 cm³/mol. The Morgan fingerprint density at radius 3 is 2.50 bits per heavy atom. The number of halogens is 2. The molecule has 18 heavy (non-hydrogen) atoms. The molecular formula is C13H7BrClN3. The van der Waals surface area contributed by atoms with Gasteiger partial charge >= 0.3 is 0 Å². The van der Waals surface area contributed by atoms with E-state index in [2.05, 4.69) is 32.0 Å². The molecule has 1 aromatic carbocycles. The summed E-state index contributed by atoms with van der Waals surface area (Å²) in [6.45, 7) is 0. The molecule has 1 aromatic heterocycles. The van der Waals surface area contributed by atoms with Gasteiger partial charge < -0.3 is 0 Å². The minimum absolute atomic E-state index is 0.307. The topological polar surface area (TPSA) is 49.0 Å². The van der Waals surface area contributed by atoms with Gasteiger partial charge in [-0.2, -0.15) is 5.26 Å². The van der Waals surface area contributed by atoms with E-state index in [-0.39, 0.29) is 0 Å². The summed E-state index contributed by atoms with van der Waals surface area (Å²) in [5, 5.41) is 9.74. The van der Waals surface area contributed by atoms with E-state index in [1.165, 1.54) is 0 Å². The summed E-state index contributed by atoms with van der Waals surface area (Å²) in [7, 11) is 0. The highest BCUT2D eigenvalue weighted by Gasteiger charge is 2.03. The molecule has 0 spiro atoms. The Bertz CT molecular complexity index is 612. The van der Waals surface area contributed by atoms with Crippen molar-refractivity contribution >= 4 is 39.1 Å². The first kappa shape index (κ1) is 12.7. The minimum Gasteiger partial charge on any atom is -0.236 e. The van der Waals surface area contributed by atoms with E-state index in [1.807, 2.05) is 6.07 Å². The van der Waals surface area contributed by atoms with Gasteiger partial charge in [-0.25, -0.2) is 9.98 Å². The number of pyridine rings is 1. The lowest BCUT2D eigenvalue weighted by molar-refractivity contribution is 1.26. The number of hydrogen-bond acceptors (Lipinski definition) is 3. The van der Waals surface area contributed by atoms with Gasteiger partial charge in [-0.05, 0) is 40.2 Å². The molecule has 0 fully saturated rings. The first-order valence-corrected chi connectivity index (χ1v) is 6.22. The van der Waals surface area contributed by atoms with Crippen molar-refractivity contribution in [1.82, 2.24) is 4.98 Å². The second-order valence-corrected chi connectivity index (χ2v) is 4.77.